The van der Waals surface area contributed by atoms with Crippen LogP contribution in [0.3, 0.4) is 0 Å². The van der Waals surface area contributed by atoms with E-state index >= 15 is 0 Å². The summed E-state index contributed by atoms with van der Waals surface area (Å²) in [7, 11) is 0. The first-order valence-electron chi connectivity index (χ1n) is 30.7. The van der Waals surface area contributed by atoms with Crippen molar-refractivity contribution >= 4 is 72.2 Å². The van der Waals surface area contributed by atoms with Crippen LogP contribution in [0.1, 0.15) is 189 Å². The maximum atomic E-state index is 5.59. The van der Waals surface area contributed by atoms with E-state index in [1.165, 1.54) is 101 Å². The van der Waals surface area contributed by atoms with Crippen molar-refractivity contribution in [2.75, 3.05) is 29.5 Å². The Morgan fingerprint density at radius 1 is 0.459 bits per heavy atom. The number of hydrogen-bond acceptors (Lipinski definition) is 7. The van der Waals surface area contributed by atoms with Crippen LogP contribution in [0.5, 0.6) is 0 Å². The minimum atomic E-state index is 0.478. The molecule has 0 amide bonds. The summed E-state index contributed by atoms with van der Waals surface area (Å²) in [5.41, 5.74) is 28.3. The second-order valence-corrected chi connectivity index (χ2v) is 24.4. The van der Waals surface area contributed by atoms with Crippen molar-refractivity contribution in [2.45, 2.75) is 151 Å². The molecule has 8 N–H and O–H groups in total. The Balaban J connectivity index is 0.000000129. The van der Waals surface area contributed by atoms with Gasteiger partial charge in [-0.1, -0.05) is 152 Å². The maximum Gasteiger partial charge on any atom is 0.198 e. The Bertz CT molecular complexity index is 3850. The number of furan rings is 1. The summed E-state index contributed by atoms with van der Waals surface area (Å²) in [5, 5.41) is 10.6. The van der Waals surface area contributed by atoms with Gasteiger partial charge in [-0.15, -0.1) is 0 Å². The minimum Gasteiger partial charge on any atom is -0.464 e. The zero-order valence-corrected chi connectivity index (χ0v) is 52.8. The molecule has 2 aliphatic rings. The number of H-pyrrole nitrogens is 4. The summed E-state index contributed by atoms with van der Waals surface area (Å²) < 4.78 is 5.25. The van der Waals surface area contributed by atoms with Crippen LogP contribution in [-0.4, -0.2) is 48.0 Å². The van der Waals surface area contributed by atoms with Crippen molar-refractivity contribution < 1.29 is 4.42 Å². The number of nitrogen functional groups attached to an aromatic ring is 1. The summed E-state index contributed by atoms with van der Waals surface area (Å²) in [6.45, 7) is 33.0. The lowest BCUT2D eigenvalue weighted by Crippen LogP contribution is -1.97. The molecule has 11 nitrogen and oxygen atoms in total. The van der Waals surface area contributed by atoms with E-state index < -0.39 is 0 Å². The molecule has 0 saturated carbocycles. The zero-order valence-electron chi connectivity index (χ0n) is 52.8. The van der Waals surface area contributed by atoms with Crippen molar-refractivity contribution in [3.8, 4) is 0 Å². The van der Waals surface area contributed by atoms with Gasteiger partial charge in [0, 0.05) is 72.6 Å². The lowest BCUT2D eigenvalue weighted by molar-refractivity contribution is 0.615. The van der Waals surface area contributed by atoms with Gasteiger partial charge in [0.25, 0.3) is 0 Å². The fraction of sp³-hybridized carbons (Fsp3) is 0.338. The predicted octanol–water partition coefficient (Wildman–Crippen LogP) is 20.0. The zero-order chi connectivity index (χ0) is 60.7. The highest BCUT2D eigenvalue weighted by atomic mass is 16.3. The quantitative estimate of drug-likeness (QED) is 0.0835. The van der Waals surface area contributed by atoms with Crippen LogP contribution in [-0.2, 0) is 12.8 Å². The van der Waals surface area contributed by atoms with E-state index in [9.17, 15) is 0 Å². The molecule has 2 aliphatic heterocycles. The first kappa shape index (κ1) is 62.5. The average molecular weight is 1140 g/mol. The maximum absolute atomic E-state index is 5.59. The van der Waals surface area contributed by atoms with Gasteiger partial charge >= 0.3 is 0 Å². The molecule has 0 saturated heterocycles. The molecule has 12 aromatic rings. The van der Waals surface area contributed by atoms with E-state index in [-0.39, 0.29) is 0 Å². The number of fused-ring (bicyclic) bond motifs is 7. The van der Waals surface area contributed by atoms with Gasteiger partial charge < -0.3 is 40.7 Å². The number of hydrogen-bond donors (Lipinski definition) is 7. The molecule has 7 aromatic heterocycles. The number of benzene rings is 5. The van der Waals surface area contributed by atoms with Gasteiger partial charge in [0.15, 0.2) is 5.95 Å². The van der Waals surface area contributed by atoms with E-state index in [0.717, 1.165) is 41.6 Å². The average Bonchev–Trinajstić information content (AvgIpc) is 4.39. The van der Waals surface area contributed by atoms with Crippen LogP contribution < -0.4 is 16.4 Å². The molecule has 0 unspecified atom stereocenters. The number of imidazole rings is 1. The van der Waals surface area contributed by atoms with Gasteiger partial charge in [-0.05, 0) is 176 Å². The van der Waals surface area contributed by atoms with Crippen LogP contribution in [0.4, 0.5) is 17.3 Å². The predicted molar refractivity (Wildman–Crippen MR) is 363 cm³/mol. The summed E-state index contributed by atoms with van der Waals surface area (Å²) in [5.74, 6) is 4.55. The third-order valence-corrected chi connectivity index (χ3v) is 15.8. The Hall–Kier alpha value is -8.57. The molecular weight excluding hydrogens is 1040 g/mol. The largest absolute Gasteiger partial charge is 0.464 e. The number of aromatic amines is 4. The van der Waals surface area contributed by atoms with Gasteiger partial charge in [-0.2, -0.15) is 0 Å². The lowest BCUT2D eigenvalue weighted by Gasteiger charge is -2.10. The summed E-state index contributed by atoms with van der Waals surface area (Å²) in [4.78, 5) is 25.5. The van der Waals surface area contributed by atoms with Gasteiger partial charge in [-0.3, -0.25) is 9.97 Å². The molecule has 0 bridgehead atoms. The molecule has 9 heterocycles. The molecule has 0 radical (unpaired) electrons. The number of nitrogens with zero attached hydrogens (tertiary/aromatic N) is 3. The van der Waals surface area contributed by atoms with Crippen molar-refractivity contribution in [3.63, 3.8) is 0 Å². The molecule has 5 aromatic carbocycles. The molecule has 14 rings (SSSR count). The van der Waals surface area contributed by atoms with Crippen molar-refractivity contribution in [2.24, 2.45) is 0 Å². The number of anilines is 3. The molecule has 0 fully saturated rings. The van der Waals surface area contributed by atoms with E-state index in [1.807, 2.05) is 61.3 Å². The molecule has 85 heavy (non-hydrogen) atoms. The number of para-hydroxylation sites is 2. The minimum absolute atomic E-state index is 0.478. The van der Waals surface area contributed by atoms with Crippen LogP contribution in [0, 0.1) is 0 Å². The normalized spacial score (nSPS) is 12.2. The monoisotopic (exact) mass is 1140 g/mol. The first-order chi connectivity index (χ1) is 40.9. The number of nitrogens with two attached hydrogens (primary N) is 1. The molecule has 11 heteroatoms. The summed E-state index contributed by atoms with van der Waals surface area (Å²) in [6.07, 6.45) is 13.7. The number of rotatable bonds is 7. The third kappa shape index (κ3) is 16.2. The smallest absolute Gasteiger partial charge is 0.198 e. The number of pyridine rings is 2. The Labute approximate surface area is 504 Å². The van der Waals surface area contributed by atoms with Crippen molar-refractivity contribution in [1.29, 1.82) is 0 Å². The fourth-order valence-corrected chi connectivity index (χ4v) is 10.8. The highest BCUT2D eigenvalue weighted by Crippen LogP contribution is 2.31. The molecule has 444 valence electrons. The molecule has 0 atom stereocenters. The Kier molecular flexibility index (Phi) is 21.5. The molecular formula is C74H92N10O. The Morgan fingerprint density at radius 3 is 1.78 bits per heavy atom. The van der Waals surface area contributed by atoms with Crippen LogP contribution >= 0.6 is 0 Å². The van der Waals surface area contributed by atoms with Crippen LogP contribution in [0.25, 0.3) is 54.8 Å². The second kappa shape index (κ2) is 29.3. The van der Waals surface area contributed by atoms with Crippen molar-refractivity contribution in [3.05, 3.63) is 215 Å². The number of nitrogens with one attached hydrogen (secondary N) is 6. The third-order valence-electron chi connectivity index (χ3n) is 15.8. The SMILES string of the molecule is CC(C)c1ccc2[nH]ccc2c1.CC(C)c1ccc2c(c1)CCN2.CC(C)c1ccc2occc2c1.CC(C)c1cccc2[nH]c(N)nc12.CC(C)c1cccc2cc[nH]c12.CC(C)c1ccnc2c1NCC2.CC(C)c1ccnc2cc[nH]c12. The fourth-order valence-electron chi connectivity index (χ4n) is 10.8. The topological polar surface area (TPSA) is 165 Å². The van der Waals surface area contributed by atoms with Gasteiger partial charge in [0.05, 0.1) is 39.7 Å². The lowest BCUT2D eigenvalue weighted by atomic mass is 10.00. The Morgan fingerprint density at radius 2 is 1.05 bits per heavy atom. The number of aromatic nitrogens is 7. The van der Waals surface area contributed by atoms with Crippen LogP contribution in [0.15, 0.2) is 169 Å². The highest BCUT2D eigenvalue weighted by molar-refractivity contribution is 5.84. The van der Waals surface area contributed by atoms with E-state index in [0.29, 0.717) is 47.4 Å². The molecule has 0 aliphatic carbocycles. The highest BCUT2D eigenvalue weighted by Gasteiger charge is 2.17. The van der Waals surface area contributed by atoms with E-state index in [2.05, 4.69) is 240 Å². The first-order valence-corrected chi connectivity index (χ1v) is 30.7. The van der Waals surface area contributed by atoms with Gasteiger partial charge in [-0.25, -0.2) is 4.98 Å². The van der Waals surface area contributed by atoms with Gasteiger partial charge in [0.2, 0.25) is 0 Å². The summed E-state index contributed by atoms with van der Waals surface area (Å²) in [6, 6.07) is 44.6. The van der Waals surface area contributed by atoms with E-state index in [1.54, 1.807) is 6.26 Å². The van der Waals surface area contributed by atoms with Gasteiger partial charge in [0.1, 0.15) is 5.58 Å². The summed E-state index contributed by atoms with van der Waals surface area (Å²) >= 11 is 0. The van der Waals surface area contributed by atoms with E-state index in [4.69, 9.17) is 10.2 Å². The second-order valence-electron chi connectivity index (χ2n) is 24.4. The van der Waals surface area contributed by atoms with Crippen molar-refractivity contribution in [1.82, 2.24) is 34.9 Å². The molecule has 0 spiro atoms. The standard InChI is InChI=1S/C11H15N.2C11H13N.C11H12O.C10H13N3.C10H14N2.C10H12N2/c2*1-8(2)9-3-4-11-10(7-9)5-6-12-11;1-8(2)10-5-3-4-9-6-7-12-11(9)10;1-8(2)9-3-4-11-10(7-9)5-6-12-11;1-6(2)7-4-3-5-8-9(7)13-10(11)12-8;2*1-7(2)8-3-5-11-9-4-6-12-10(8)9/h3-4,7-8,12H,5-6H2,1-2H3;2*3-8,12H,1-2H3;3-8H,1-2H3;3-6H,1-2H3,(H3,11,12,13);3,5,7,12H,4,6H2,1-2H3;3-7,12H,1-2H3. The van der Waals surface area contributed by atoms with Crippen LogP contribution in [0.2, 0.25) is 0 Å².